The van der Waals surface area contributed by atoms with Crippen LogP contribution < -0.4 is 14.2 Å². The van der Waals surface area contributed by atoms with E-state index in [1.54, 1.807) is 24.3 Å². The van der Waals surface area contributed by atoms with Crippen LogP contribution in [0.25, 0.3) is 33.4 Å². The highest BCUT2D eigenvalue weighted by Gasteiger charge is 2.25. The lowest BCUT2D eigenvalue weighted by molar-refractivity contribution is 0.120. The van der Waals surface area contributed by atoms with Crippen molar-refractivity contribution in [1.29, 1.82) is 0 Å². The minimum absolute atomic E-state index is 0.129. The van der Waals surface area contributed by atoms with Crippen molar-refractivity contribution < 1.29 is 55.8 Å². The fourth-order valence-electron chi connectivity index (χ4n) is 4.04. The zero-order chi connectivity index (χ0) is 31.1. The van der Waals surface area contributed by atoms with E-state index in [9.17, 15) is 27.4 Å². The van der Waals surface area contributed by atoms with E-state index in [4.69, 9.17) is 14.2 Å². The fourth-order valence-corrected chi connectivity index (χ4v) is 4.95. The molecule has 43 heavy (non-hydrogen) atoms. The Morgan fingerprint density at radius 3 is 1.09 bits per heavy atom. The summed E-state index contributed by atoms with van der Waals surface area (Å²) in [5, 5.41) is 0. The molecule has 0 aliphatic rings. The van der Waals surface area contributed by atoms with Crippen LogP contribution in [0, 0.1) is 0 Å². The maximum atomic E-state index is 12.9. The monoisotopic (exact) mass is 608 g/mol. The summed E-state index contributed by atoms with van der Waals surface area (Å²) in [7, 11) is -1.34. The first kappa shape index (κ1) is 30.6. The van der Waals surface area contributed by atoms with Gasteiger partial charge in [-0.2, -0.15) is 8.42 Å². The molecule has 0 heterocycles. The van der Waals surface area contributed by atoms with Crippen molar-refractivity contribution in [2.24, 2.45) is 0 Å². The summed E-state index contributed by atoms with van der Waals surface area (Å²) in [6.07, 6.45) is -2.76. The van der Waals surface area contributed by atoms with Gasteiger partial charge in [0.2, 0.25) is 0 Å². The van der Waals surface area contributed by atoms with Crippen molar-refractivity contribution in [2.75, 3.05) is 21.3 Å². The molecule has 0 unspecified atom stereocenters. The van der Waals surface area contributed by atoms with Gasteiger partial charge >= 0.3 is 18.5 Å². The van der Waals surface area contributed by atoms with Crippen molar-refractivity contribution in [1.82, 2.24) is 0 Å². The molecule has 0 atom stereocenters. The van der Waals surface area contributed by atoms with Crippen LogP contribution in [-0.2, 0) is 24.3 Å². The van der Waals surface area contributed by atoms with Gasteiger partial charge in [-0.05, 0) is 70.8 Å². The maximum Gasteiger partial charge on any atom is 0.513 e. The number of rotatable bonds is 7. The zero-order valence-corrected chi connectivity index (χ0v) is 23.7. The molecule has 4 rings (SSSR count). The molecule has 0 aromatic heterocycles. The Bertz CT molecular complexity index is 1660. The van der Waals surface area contributed by atoms with Crippen molar-refractivity contribution in [3.63, 3.8) is 0 Å². The van der Waals surface area contributed by atoms with Crippen LogP contribution in [0.15, 0.2) is 89.8 Å². The molecule has 0 saturated carbocycles. The molecule has 0 saturated heterocycles. The summed E-state index contributed by atoms with van der Waals surface area (Å²) in [4.78, 5) is 34.1. The third-order valence-electron chi connectivity index (χ3n) is 5.97. The highest BCUT2D eigenvalue weighted by molar-refractivity contribution is 7.86. The average molecular weight is 609 g/mol. The third kappa shape index (κ3) is 7.47. The molecule has 0 aliphatic heterocycles. The molecule has 222 valence electrons. The lowest BCUT2D eigenvalue weighted by Gasteiger charge is -2.17. The Labute approximate surface area is 246 Å². The van der Waals surface area contributed by atoms with Gasteiger partial charge in [0.1, 0.15) is 22.1 Å². The average Bonchev–Trinajstić information content (AvgIpc) is 3.00. The summed E-state index contributed by atoms with van der Waals surface area (Å²) >= 11 is 0. The molecule has 12 nitrogen and oxygen atoms in total. The van der Waals surface area contributed by atoms with E-state index in [-0.39, 0.29) is 28.4 Å². The third-order valence-corrected chi connectivity index (χ3v) is 6.92. The second-order valence-electron chi connectivity index (χ2n) is 8.62. The number of carbonyl (C=O) groups is 3. The van der Waals surface area contributed by atoms with Gasteiger partial charge in [-0.1, -0.05) is 36.4 Å². The van der Waals surface area contributed by atoms with E-state index >= 15 is 0 Å². The maximum absolute atomic E-state index is 12.9. The first-order valence-electron chi connectivity index (χ1n) is 12.3. The minimum atomic E-state index is -4.83. The summed E-state index contributed by atoms with van der Waals surface area (Å²) in [5.41, 5.74) is 2.13. The molecule has 4 aromatic carbocycles. The number of methoxy groups -OCH3 is 3. The molecule has 0 spiro atoms. The molecule has 0 radical (unpaired) electrons. The Hall–Kier alpha value is -5.40. The predicted octanol–water partition coefficient (Wildman–Crippen LogP) is 6.37. The van der Waals surface area contributed by atoms with E-state index in [0.29, 0.717) is 22.3 Å². The van der Waals surface area contributed by atoms with Gasteiger partial charge in [0.25, 0.3) is 10.1 Å². The van der Waals surface area contributed by atoms with Gasteiger partial charge in [-0.25, -0.2) is 14.4 Å². The molecular formula is C30H24O12S. The topological polar surface area (TPSA) is 161 Å². The van der Waals surface area contributed by atoms with E-state index < -0.39 is 33.5 Å². The number of benzene rings is 4. The van der Waals surface area contributed by atoms with Crippen LogP contribution in [0.4, 0.5) is 14.4 Å². The van der Waals surface area contributed by atoms with Gasteiger partial charge < -0.3 is 28.4 Å². The Kier molecular flexibility index (Phi) is 9.28. The van der Waals surface area contributed by atoms with Crippen LogP contribution in [-0.4, -0.2) is 52.8 Å². The summed E-state index contributed by atoms with van der Waals surface area (Å²) in [6.45, 7) is 0. The van der Waals surface area contributed by atoms with Gasteiger partial charge in [-0.3, -0.25) is 4.55 Å². The Balaban J connectivity index is 1.90. The molecular weight excluding hydrogens is 584 g/mol. The van der Waals surface area contributed by atoms with E-state index in [1.165, 1.54) is 67.8 Å². The van der Waals surface area contributed by atoms with E-state index in [1.807, 2.05) is 0 Å². The van der Waals surface area contributed by atoms with Gasteiger partial charge in [0.05, 0.1) is 21.3 Å². The fraction of sp³-hybridized carbons (Fsp3) is 0.100. The van der Waals surface area contributed by atoms with Crippen molar-refractivity contribution in [2.45, 2.75) is 4.90 Å². The highest BCUT2D eigenvalue weighted by atomic mass is 32.2. The SMILES string of the molecule is COC(=O)Oc1ccc(-c2cc(-c3ccc(OC(=O)OC)cc3)c(S(=O)(=O)O)c(-c3ccc(OC(=O)OC)cc3)c2)cc1. The number of ether oxygens (including phenoxy) is 6. The second kappa shape index (κ2) is 13.1. The van der Waals surface area contributed by atoms with Crippen molar-refractivity contribution in [3.05, 3.63) is 84.9 Å². The van der Waals surface area contributed by atoms with Gasteiger partial charge in [0, 0.05) is 11.1 Å². The van der Waals surface area contributed by atoms with Gasteiger partial charge in [0.15, 0.2) is 0 Å². The van der Waals surface area contributed by atoms with E-state index in [0.717, 1.165) is 14.2 Å². The largest absolute Gasteiger partial charge is 0.513 e. The molecule has 4 aromatic rings. The summed E-state index contributed by atoms with van der Waals surface area (Å²) < 4.78 is 64.7. The second-order valence-corrected chi connectivity index (χ2v) is 9.98. The molecule has 0 aliphatic carbocycles. The van der Waals surface area contributed by atoms with Crippen molar-refractivity contribution >= 4 is 28.6 Å². The Morgan fingerprint density at radius 1 is 0.512 bits per heavy atom. The van der Waals surface area contributed by atoms with Crippen molar-refractivity contribution in [3.8, 4) is 50.6 Å². The van der Waals surface area contributed by atoms with Crippen LogP contribution in [0.2, 0.25) is 0 Å². The first-order chi connectivity index (χ1) is 20.5. The Morgan fingerprint density at radius 2 is 0.814 bits per heavy atom. The normalized spacial score (nSPS) is 10.8. The molecule has 0 amide bonds. The van der Waals surface area contributed by atoms with Crippen LogP contribution in [0.3, 0.4) is 0 Å². The standard InChI is InChI=1S/C30H24O12S/c1-37-28(31)40-22-10-4-18(5-11-22)21-16-25(19-6-12-23(13-7-19)41-29(32)38-2)27(43(34,35)36)26(17-21)20-8-14-24(15-9-20)42-30(33)39-3/h4-17H,1-3H3,(H,34,35,36). The van der Waals surface area contributed by atoms with Gasteiger partial charge in [-0.15, -0.1) is 0 Å². The highest BCUT2D eigenvalue weighted by Crippen LogP contribution is 2.41. The lowest BCUT2D eigenvalue weighted by Crippen LogP contribution is -2.07. The lowest BCUT2D eigenvalue weighted by atomic mass is 9.93. The number of hydrogen-bond donors (Lipinski definition) is 1. The molecule has 0 fully saturated rings. The quantitative estimate of drug-likeness (QED) is 0.107. The molecule has 1 N–H and O–H groups in total. The van der Waals surface area contributed by atoms with Crippen LogP contribution >= 0.6 is 0 Å². The smallest absolute Gasteiger partial charge is 0.437 e. The summed E-state index contributed by atoms with van der Waals surface area (Å²) in [5.74, 6) is 0.499. The molecule has 13 heteroatoms. The predicted molar refractivity (Wildman–Crippen MR) is 152 cm³/mol. The number of carbonyl (C=O) groups excluding carboxylic acids is 3. The summed E-state index contributed by atoms with van der Waals surface area (Å²) in [6, 6.07) is 21.3. The zero-order valence-electron chi connectivity index (χ0n) is 22.9. The number of hydrogen-bond acceptors (Lipinski definition) is 11. The van der Waals surface area contributed by atoms with Crippen LogP contribution in [0.1, 0.15) is 0 Å². The minimum Gasteiger partial charge on any atom is -0.437 e. The molecule has 0 bridgehead atoms. The van der Waals surface area contributed by atoms with Crippen LogP contribution in [0.5, 0.6) is 17.2 Å². The van der Waals surface area contributed by atoms with E-state index in [2.05, 4.69) is 14.2 Å². The first-order valence-corrected chi connectivity index (χ1v) is 13.7.